The minimum absolute atomic E-state index is 0.336. The predicted octanol–water partition coefficient (Wildman–Crippen LogP) is 7.41. The van der Waals surface area contributed by atoms with Gasteiger partial charge in [-0.05, 0) is 75.1 Å². The summed E-state index contributed by atoms with van der Waals surface area (Å²) in [6.07, 6.45) is 3.78. The van der Waals surface area contributed by atoms with Crippen molar-refractivity contribution in [3.8, 4) is 22.9 Å². The molecule has 0 aliphatic carbocycles. The van der Waals surface area contributed by atoms with E-state index in [2.05, 4.69) is 73.0 Å². The summed E-state index contributed by atoms with van der Waals surface area (Å²) in [6.45, 7) is 13.3. The molecule has 0 fully saturated rings. The molecule has 0 aliphatic rings. The van der Waals surface area contributed by atoms with Gasteiger partial charge in [-0.1, -0.05) is 26.0 Å². The second-order valence-corrected chi connectivity index (χ2v) is 9.90. The van der Waals surface area contributed by atoms with Gasteiger partial charge in [0.15, 0.2) is 0 Å². The lowest BCUT2D eigenvalue weighted by atomic mass is 9.99. The van der Waals surface area contributed by atoms with E-state index in [-0.39, 0.29) is 0 Å². The number of benzene rings is 3. The molecular formula is C31H35N5O2. The van der Waals surface area contributed by atoms with Crippen LogP contribution >= 0.6 is 0 Å². The molecule has 0 radical (unpaired) electrons. The number of aryl methyl sites for hydroxylation is 3. The monoisotopic (exact) mass is 509 g/mol. The van der Waals surface area contributed by atoms with E-state index < -0.39 is 0 Å². The number of hydrogen-bond donors (Lipinski definition) is 1. The number of imidazole rings is 1. The number of hydrogen-bond acceptors (Lipinski definition) is 5. The van der Waals surface area contributed by atoms with Crippen molar-refractivity contribution < 1.29 is 9.47 Å². The molecule has 7 heteroatoms. The average molecular weight is 510 g/mol. The Bertz CT molecular complexity index is 1610. The number of methoxy groups -OCH3 is 1. The number of rotatable bonds is 8. The predicted molar refractivity (Wildman–Crippen MR) is 154 cm³/mol. The molecule has 0 atom stereocenters. The lowest BCUT2D eigenvalue weighted by molar-refractivity contribution is 0.335. The first kappa shape index (κ1) is 25.4. The SMILES string of the molecule is CCOc1cc(C)c(-n2nc3c(Nc4ccc(-n5cnc(C)c5)c(OC)c4)cccc3c2C)cc1C(C)C. The number of anilines is 2. The van der Waals surface area contributed by atoms with Crippen molar-refractivity contribution in [2.24, 2.45) is 0 Å². The van der Waals surface area contributed by atoms with Gasteiger partial charge in [0.05, 0.1) is 42.8 Å². The van der Waals surface area contributed by atoms with E-state index in [4.69, 9.17) is 14.6 Å². The fourth-order valence-corrected chi connectivity index (χ4v) is 4.89. The van der Waals surface area contributed by atoms with Gasteiger partial charge >= 0.3 is 0 Å². The molecule has 0 saturated heterocycles. The van der Waals surface area contributed by atoms with Crippen molar-refractivity contribution in [3.63, 3.8) is 0 Å². The first-order valence-electron chi connectivity index (χ1n) is 13.0. The summed E-state index contributed by atoms with van der Waals surface area (Å²) in [5, 5.41) is 9.77. The summed E-state index contributed by atoms with van der Waals surface area (Å²) in [4.78, 5) is 4.34. The molecule has 1 N–H and O–H groups in total. The van der Waals surface area contributed by atoms with Crippen LogP contribution in [0.25, 0.3) is 22.3 Å². The Labute approximate surface area is 224 Å². The van der Waals surface area contributed by atoms with E-state index in [1.165, 1.54) is 5.56 Å². The van der Waals surface area contributed by atoms with Crippen LogP contribution in [0.5, 0.6) is 11.5 Å². The maximum atomic E-state index is 5.95. The number of ether oxygens (including phenoxy) is 2. The highest BCUT2D eigenvalue weighted by Crippen LogP contribution is 2.35. The highest BCUT2D eigenvalue weighted by molar-refractivity contribution is 5.94. The van der Waals surface area contributed by atoms with Crippen LogP contribution in [0.3, 0.4) is 0 Å². The molecule has 2 heterocycles. The second kappa shape index (κ2) is 10.2. The molecular weight excluding hydrogens is 474 g/mol. The molecule has 196 valence electrons. The van der Waals surface area contributed by atoms with E-state index >= 15 is 0 Å². The molecule has 0 amide bonds. The molecule has 5 rings (SSSR count). The number of aromatic nitrogens is 4. The van der Waals surface area contributed by atoms with Crippen LogP contribution in [0.15, 0.2) is 61.1 Å². The minimum Gasteiger partial charge on any atom is -0.494 e. The van der Waals surface area contributed by atoms with Gasteiger partial charge in [0.2, 0.25) is 0 Å². The molecule has 0 saturated carbocycles. The smallest absolute Gasteiger partial charge is 0.144 e. The summed E-state index contributed by atoms with van der Waals surface area (Å²) in [6, 6.07) is 16.7. The Kier molecular flexibility index (Phi) is 6.85. The maximum Gasteiger partial charge on any atom is 0.144 e. The van der Waals surface area contributed by atoms with Crippen LogP contribution in [-0.4, -0.2) is 33.0 Å². The molecule has 3 aromatic carbocycles. The Morgan fingerprint density at radius 3 is 2.47 bits per heavy atom. The van der Waals surface area contributed by atoms with Crippen molar-refractivity contribution in [2.45, 2.75) is 47.5 Å². The van der Waals surface area contributed by atoms with Crippen LogP contribution in [0.1, 0.15) is 49.2 Å². The number of nitrogens with zero attached hydrogens (tertiary/aromatic N) is 4. The highest BCUT2D eigenvalue weighted by Gasteiger charge is 2.18. The molecule has 0 spiro atoms. The highest BCUT2D eigenvalue weighted by atomic mass is 16.5. The van der Waals surface area contributed by atoms with Crippen molar-refractivity contribution in [2.75, 3.05) is 19.0 Å². The van der Waals surface area contributed by atoms with Crippen molar-refractivity contribution in [3.05, 3.63) is 83.6 Å². The van der Waals surface area contributed by atoms with Gasteiger partial charge in [-0.25, -0.2) is 9.67 Å². The van der Waals surface area contributed by atoms with Gasteiger partial charge in [-0.2, -0.15) is 5.10 Å². The second-order valence-electron chi connectivity index (χ2n) is 9.90. The van der Waals surface area contributed by atoms with E-state index in [0.717, 1.165) is 62.1 Å². The number of fused-ring (bicyclic) bond motifs is 1. The summed E-state index contributed by atoms with van der Waals surface area (Å²) in [7, 11) is 1.68. The number of nitrogens with one attached hydrogen (secondary N) is 1. The zero-order valence-electron chi connectivity index (χ0n) is 23.2. The maximum absolute atomic E-state index is 5.95. The molecule has 38 heavy (non-hydrogen) atoms. The fraction of sp³-hybridized carbons (Fsp3) is 0.290. The summed E-state index contributed by atoms with van der Waals surface area (Å²) in [5.41, 5.74) is 9.12. The molecule has 0 unspecified atom stereocenters. The lowest BCUT2D eigenvalue weighted by Crippen LogP contribution is -2.06. The Morgan fingerprint density at radius 2 is 1.79 bits per heavy atom. The first-order chi connectivity index (χ1) is 18.3. The van der Waals surface area contributed by atoms with Gasteiger partial charge in [0.1, 0.15) is 17.0 Å². The van der Waals surface area contributed by atoms with Crippen LogP contribution in [-0.2, 0) is 0 Å². The zero-order chi connectivity index (χ0) is 27.0. The third kappa shape index (κ3) is 4.60. The molecule has 7 nitrogen and oxygen atoms in total. The molecule has 0 bridgehead atoms. The van der Waals surface area contributed by atoms with Crippen LogP contribution in [0.4, 0.5) is 11.4 Å². The lowest BCUT2D eigenvalue weighted by Gasteiger charge is -2.18. The van der Waals surface area contributed by atoms with Gasteiger partial charge in [0, 0.05) is 29.0 Å². The Hall–Kier alpha value is -4.26. The van der Waals surface area contributed by atoms with E-state index in [0.29, 0.717) is 12.5 Å². The van der Waals surface area contributed by atoms with Crippen molar-refractivity contribution in [1.29, 1.82) is 0 Å². The van der Waals surface area contributed by atoms with Gasteiger partial charge < -0.3 is 19.4 Å². The summed E-state index contributed by atoms with van der Waals surface area (Å²) < 4.78 is 15.7. The van der Waals surface area contributed by atoms with Crippen LogP contribution in [0.2, 0.25) is 0 Å². The van der Waals surface area contributed by atoms with Crippen molar-refractivity contribution in [1.82, 2.24) is 19.3 Å². The quantitative estimate of drug-likeness (QED) is 0.236. The van der Waals surface area contributed by atoms with Gasteiger partial charge in [0.25, 0.3) is 0 Å². The standard InChI is InChI=1S/C31H35N5O2/c1-8-38-29-14-20(4)28(16-25(29)19(2)3)36-22(6)24-10-9-11-26(31(24)34-36)33-23-12-13-27(30(15-23)37-7)35-17-21(5)32-18-35/h9-19,33H,8H2,1-7H3. The van der Waals surface area contributed by atoms with E-state index in [1.54, 1.807) is 13.4 Å². The van der Waals surface area contributed by atoms with Crippen LogP contribution < -0.4 is 14.8 Å². The largest absolute Gasteiger partial charge is 0.494 e. The Balaban J connectivity index is 1.55. The zero-order valence-corrected chi connectivity index (χ0v) is 23.2. The fourth-order valence-electron chi connectivity index (χ4n) is 4.89. The van der Waals surface area contributed by atoms with E-state index in [1.807, 2.05) is 42.8 Å². The molecule has 5 aromatic rings. The molecule has 0 aliphatic heterocycles. The normalized spacial score (nSPS) is 11.4. The van der Waals surface area contributed by atoms with Crippen molar-refractivity contribution >= 4 is 22.3 Å². The third-order valence-corrected chi connectivity index (χ3v) is 6.87. The van der Waals surface area contributed by atoms with Gasteiger partial charge in [-0.15, -0.1) is 0 Å². The Morgan fingerprint density at radius 1 is 0.974 bits per heavy atom. The minimum atomic E-state index is 0.336. The van der Waals surface area contributed by atoms with E-state index in [9.17, 15) is 0 Å². The summed E-state index contributed by atoms with van der Waals surface area (Å²) in [5.74, 6) is 2.04. The molecule has 2 aromatic heterocycles. The average Bonchev–Trinajstić information content (AvgIpc) is 3.48. The summed E-state index contributed by atoms with van der Waals surface area (Å²) >= 11 is 0. The first-order valence-corrected chi connectivity index (χ1v) is 13.0. The topological polar surface area (TPSA) is 66.1 Å². The third-order valence-electron chi connectivity index (χ3n) is 6.87. The van der Waals surface area contributed by atoms with Crippen LogP contribution in [0, 0.1) is 20.8 Å². The van der Waals surface area contributed by atoms with Gasteiger partial charge in [-0.3, -0.25) is 0 Å².